The highest BCUT2D eigenvalue weighted by atomic mass is 32.2. The van der Waals surface area contributed by atoms with Crippen LogP contribution >= 0.6 is 11.8 Å². The van der Waals surface area contributed by atoms with Crippen LogP contribution in [0.4, 0.5) is 0 Å². The number of aromatic nitrogens is 2. The third-order valence-corrected chi connectivity index (χ3v) is 5.30. The van der Waals surface area contributed by atoms with Crippen molar-refractivity contribution in [1.29, 1.82) is 0 Å². The summed E-state index contributed by atoms with van der Waals surface area (Å²) < 4.78 is 1.65. The first-order valence-corrected chi connectivity index (χ1v) is 8.87. The Kier molecular flexibility index (Phi) is 4.97. The molecule has 0 aromatic carbocycles. The molecule has 1 atom stereocenters. The van der Waals surface area contributed by atoms with Gasteiger partial charge in [-0.25, -0.2) is 4.98 Å². The average molecular weight is 319 g/mol. The molecule has 0 radical (unpaired) electrons. The third kappa shape index (κ3) is 3.61. The zero-order chi connectivity index (χ0) is 15.4. The second-order valence-corrected chi connectivity index (χ2v) is 6.80. The van der Waals surface area contributed by atoms with Gasteiger partial charge < -0.3 is 5.32 Å². The normalized spacial score (nSPS) is 20.4. The standard InChI is InChI=1S/C16H21N3O2S/c20-14(17-8-6-12-4-2-1-3-5-12)10-13-11-22-16-18-9-7-15(21)19(13)16/h4,7,9,13H,1-3,5-6,8,10-11H2,(H,17,20)/t13-/m1/s1. The molecule has 2 heterocycles. The van der Waals surface area contributed by atoms with E-state index in [0.717, 1.165) is 17.3 Å². The van der Waals surface area contributed by atoms with Gasteiger partial charge in [-0.05, 0) is 32.1 Å². The van der Waals surface area contributed by atoms with Crippen molar-refractivity contribution < 1.29 is 4.79 Å². The maximum absolute atomic E-state index is 12.1. The summed E-state index contributed by atoms with van der Waals surface area (Å²) in [6.45, 7) is 0.694. The van der Waals surface area contributed by atoms with Gasteiger partial charge in [0.05, 0.1) is 6.04 Å². The lowest BCUT2D eigenvalue weighted by Gasteiger charge is -2.15. The maximum atomic E-state index is 12.1. The van der Waals surface area contributed by atoms with E-state index in [1.807, 2.05) is 0 Å². The highest BCUT2D eigenvalue weighted by Gasteiger charge is 2.26. The second kappa shape index (κ2) is 7.13. The molecule has 118 valence electrons. The summed E-state index contributed by atoms with van der Waals surface area (Å²) in [5.74, 6) is 0.760. The SMILES string of the molecule is O=C(C[C@@H]1CSc2nccc(=O)n21)NCCC1=CCCCC1. The van der Waals surface area contributed by atoms with Crippen molar-refractivity contribution in [2.24, 2.45) is 0 Å². The fraction of sp³-hybridized carbons (Fsp3) is 0.562. The minimum Gasteiger partial charge on any atom is -0.356 e. The first kappa shape index (κ1) is 15.3. The fourth-order valence-corrected chi connectivity index (χ4v) is 4.14. The Bertz CT molecular complexity index is 639. The lowest BCUT2D eigenvalue weighted by Crippen LogP contribution is -2.31. The van der Waals surface area contributed by atoms with Gasteiger partial charge in [0.15, 0.2) is 5.16 Å². The minimum absolute atomic E-state index is 0.0191. The smallest absolute Gasteiger partial charge is 0.254 e. The Morgan fingerprint density at radius 2 is 2.36 bits per heavy atom. The van der Waals surface area contributed by atoms with Crippen LogP contribution < -0.4 is 10.9 Å². The van der Waals surface area contributed by atoms with Crippen LogP contribution in [0.15, 0.2) is 33.9 Å². The molecule has 0 fully saturated rings. The lowest BCUT2D eigenvalue weighted by molar-refractivity contribution is -0.121. The van der Waals surface area contributed by atoms with Gasteiger partial charge in [0.1, 0.15) is 0 Å². The number of rotatable bonds is 5. The van der Waals surface area contributed by atoms with E-state index >= 15 is 0 Å². The summed E-state index contributed by atoms with van der Waals surface area (Å²) in [6, 6.07) is 1.38. The topological polar surface area (TPSA) is 64.0 Å². The summed E-state index contributed by atoms with van der Waals surface area (Å²) >= 11 is 1.54. The van der Waals surface area contributed by atoms with Crippen LogP contribution in [0.2, 0.25) is 0 Å². The fourth-order valence-electron chi connectivity index (χ4n) is 3.02. The van der Waals surface area contributed by atoms with Crippen molar-refractivity contribution in [1.82, 2.24) is 14.9 Å². The van der Waals surface area contributed by atoms with Gasteiger partial charge in [-0.3, -0.25) is 14.2 Å². The van der Waals surface area contributed by atoms with Crippen molar-refractivity contribution in [3.8, 4) is 0 Å². The molecule has 2 aliphatic rings. The molecule has 0 spiro atoms. The molecule has 0 saturated carbocycles. The largest absolute Gasteiger partial charge is 0.356 e. The van der Waals surface area contributed by atoms with E-state index in [2.05, 4.69) is 16.4 Å². The van der Waals surface area contributed by atoms with E-state index in [9.17, 15) is 9.59 Å². The number of nitrogens with zero attached hydrogens (tertiary/aromatic N) is 2. The van der Waals surface area contributed by atoms with E-state index in [-0.39, 0.29) is 17.5 Å². The molecular formula is C16H21N3O2S. The summed E-state index contributed by atoms with van der Waals surface area (Å²) in [7, 11) is 0. The Morgan fingerprint density at radius 1 is 1.45 bits per heavy atom. The van der Waals surface area contributed by atoms with E-state index in [1.165, 1.54) is 43.5 Å². The third-order valence-electron chi connectivity index (χ3n) is 4.19. The number of amides is 1. The van der Waals surface area contributed by atoms with Crippen LogP contribution in [0.1, 0.15) is 44.6 Å². The molecule has 0 saturated heterocycles. The van der Waals surface area contributed by atoms with Gasteiger partial charge in [0.25, 0.3) is 5.56 Å². The molecule has 3 rings (SSSR count). The molecule has 1 aliphatic carbocycles. The van der Waals surface area contributed by atoms with Gasteiger partial charge >= 0.3 is 0 Å². The number of hydrogen-bond donors (Lipinski definition) is 1. The monoisotopic (exact) mass is 319 g/mol. The van der Waals surface area contributed by atoms with E-state index < -0.39 is 0 Å². The molecular weight excluding hydrogens is 298 g/mol. The van der Waals surface area contributed by atoms with Crippen LogP contribution in [-0.2, 0) is 4.79 Å². The Morgan fingerprint density at radius 3 is 3.18 bits per heavy atom. The van der Waals surface area contributed by atoms with Gasteiger partial charge in [0.2, 0.25) is 5.91 Å². The number of allylic oxidation sites excluding steroid dienone is 1. The number of hydrogen-bond acceptors (Lipinski definition) is 4. The quantitative estimate of drug-likeness (QED) is 0.668. The number of carbonyl (C=O) groups is 1. The number of nitrogens with one attached hydrogen (secondary N) is 1. The van der Waals surface area contributed by atoms with Crippen molar-refractivity contribution in [2.45, 2.75) is 49.7 Å². The van der Waals surface area contributed by atoms with Crippen LogP contribution in [-0.4, -0.2) is 27.8 Å². The molecule has 1 amide bonds. The summed E-state index contributed by atoms with van der Waals surface area (Å²) in [4.78, 5) is 28.2. The van der Waals surface area contributed by atoms with E-state index in [0.29, 0.717) is 13.0 Å². The first-order valence-electron chi connectivity index (χ1n) is 7.89. The molecule has 6 heteroatoms. The van der Waals surface area contributed by atoms with E-state index in [1.54, 1.807) is 16.3 Å². The summed E-state index contributed by atoms with van der Waals surface area (Å²) in [5, 5.41) is 3.70. The second-order valence-electron chi connectivity index (χ2n) is 5.81. The van der Waals surface area contributed by atoms with Crippen molar-refractivity contribution in [2.75, 3.05) is 12.3 Å². The Labute approximate surface area is 134 Å². The Balaban J connectivity index is 1.49. The number of thioether (sulfide) groups is 1. The summed E-state index contributed by atoms with van der Waals surface area (Å²) in [5.41, 5.74) is 1.40. The van der Waals surface area contributed by atoms with E-state index in [4.69, 9.17) is 0 Å². The molecule has 0 bridgehead atoms. The molecule has 0 unspecified atom stereocenters. The molecule has 22 heavy (non-hydrogen) atoms. The van der Waals surface area contributed by atoms with Gasteiger partial charge in [-0.2, -0.15) is 0 Å². The van der Waals surface area contributed by atoms with Gasteiger partial charge in [-0.15, -0.1) is 0 Å². The van der Waals surface area contributed by atoms with Crippen molar-refractivity contribution in [3.05, 3.63) is 34.3 Å². The molecule has 1 aromatic heterocycles. The molecule has 1 aliphatic heterocycles. The highest BCUT2D eigenvalue weighted by Crippen LogP contribution is 2.31. The predicted molar refractivity (Wildman–Crippen MR) is 87.1 cm³/mol. The average Bonchev–Trinajstić information content (AvgIpc) is 2.93. The predicted octanol–water partition coefficient (Wildman–Crippen LogP) is 2.29. The van der Waals surface area contributed by atoms with Crippen LogP contribution in [0.25, 0.3) is 0 Å². The van der Waals surface area contributed by atoms with Crippen LogP contribution in [0.5, 0.6) is 0 Å². The zero-order valence-electron chi connectivity index (χ0n) is 12.6. The Hall–Kier alpha value is -1.56. The van der Waals surface area contributed by atoms with Crippen LogP contribution in [0, 0.1) is 0 Å². The summed E-state index contributed by atoms with van der Waals surface area (Å²) in [6.07, 6.45) is 10.0. The van der Waals surface area contributed by atoms with Crippen molar-refractivity contribution in [3.63, 3.8) is 0 Å². The lowest BCUT2D eigenvalue weighted by atomic mass is 9.97. The maximum Gasteiger partial charge on any atom is 0.254 e. The zero-order valence-corrected chi connectivity index (χ0v) is 13.4. The number of fused-ring (bicyclic) bond motifs is 1. The van der Waals surface area contributed by atoms with Crippen molar-refractivity contribution >= 4 is 17.7 Å². The molecule has 1 N–H and O–H groups in total. The molecule has 1 aromatic rings. The minimum atomic E-state index is -0.0740. The number of carbonyl (C=O) groups excluding carboxylic acids is 1. The highest BCUT2D eigenvalue weighted by molar-refractivity contribution is 7.99. The molecule has 5 nitrogen and oxygen atoms in total. The van der Waals surface area contributed by atoms with Gasteiger partial charge in [0, 0.05) is 31.0 Å². The van der Waals surface area contributed by atoms with Crippen LogP contribution in [0.3, 0.4) is 0 Å². The first-order chi connectivity index (χ1) is 10.7. The van der Waals surface area contributed by atoms with Gasteiger partial charge in [-0.1, -0.05) is 23.4 Å².